The van der Waals surface area contributed by atoms with E-state index in [0.29, 0.717) is 32.1 Å². The minimum Gasteiger partial charge on any atom is -0.406 e. The highest BCUT2D eigenvalue weighted by Gasteiger charge is 2.31. The van der Waals surface area contributed by atoms with Crippen LogP contribution in [0.5, 0.6) is 5.75 Å². The molecule has 0 bridgehead atoms. The predicted molar refractivity (Wildman–Crippen MR) is 122 cm³/mol. The summed E-state index contributed by atoms with van der Waals surface area (Å²) in [6.07, 6.45) is -4.81. The van der Waals surface area contributed by atoms with Crippen molar-refractivity contribution in [3.05, 3.63) is 71.4 Å². The van der Waals surface area contributed by atoms with Crippen molar-refractivity contribution < 1.29 is 22.7 Å². The molecule has 0 aliphatic carbocycles. The van der Waals surface area contributed by atoms with E-state index in [2.05, 4.69) is 24.9 Å². The van der Waals surface area contributed by atoms with Crippen LogP contribution in [0.4, 0.5) is 30.6 Å². The van der Waals surface area contributed by atoms with Crippen molar-refractivity contribution in [1.29, 1.82) is 0 Å². The molecule has 34 heavy (non-hydrogen) atoms. The Hall–Kier alpha value is -3.82. The molecule has 1 aromatic heterocycles. The first-order chi connectivity index (χ1) is 16.2. The monoisotopic (exact) mass is 471 g/mol. The number of benzene rings is 2. The van der Waals surface area contributed by atoms with Gasteiger partial charge in [-0.2, -0.15) is 4.98 Å². The average Bonchev–Trinajstić information content (AvgIpc) is 2.79. The third kappa shape index (κ3) is 5.94. The molecular formula is C24H24F3N5O2. The lowest BCUT2D eigenvalue weighted by atomic mass is 10.1. The average molecular weight is 471 g/mol. The molecule has 3 aromatic rings. The van der Waals surface area contributed by atoms with E-state index in [1.165, 1.54) is 18.2 Å². The van der Waals surface area contributed by atoms with Crippen molar-refractivity contribution in [2.75, 3.05) is 36.4 Å². The van der Waals surface area contributed by atoms with Crippen molar-refractivity contribution in [3.63, 3.8) is 0 Å². The van der Waals surface area contributed by atoms with E-state index in [1.54, 1.807) is 4.90 Å². The van der Waals surface area contributed by atoms with Crippen LogP contribution in [0.2, 0.25) is 0 Å². The molecule has 1 N–H and O–H groups in total. The van der Waals surface area contributed by atoms with Crippen LogP contribution in [-0.2, 0) is 0 Å². The first-order valence-corrected chi connectivity index (χ1v) is 10.8. The molecule has 2 aromatic carbocycles. The highest BCUT2D eigenvalue weighted by Crippen LogP contribution is 2.25. The van der Waals surface area contributed by atoms with Crippen LogP contribution in [0.3, 0.4) is 0 Å². The summed E-state index contributed by atoms with van der Waals surface area (Å²) in [5.74, 6) is 0.476. The van der Waals surface area contributed by atoms with E-state index < -0.39 is 12.1 Å². The fraction of sp³-hybridized carbons (Fsp3) is 0.292. The van der Waals surface area contributed by atoms with E-state index in [1.807, 2.05) is 44.2 Å². The number of anilines is 3. The third-order valence-electron chi connectivity index (χ3n) is 5.35. The first kappa shape index (κ1) is 23.3. The minimum absolute atomic E-state index is 0.151. The molecule has 2 heterocycles. The highest BCUT2D eigenvalue weighted by molar-refractivity contribution is 5.94. The molecule has 178 valence electrons. The zero-order valence-electron chi connectivity index (χ0n) is 18.8. The van der Waals surface area contributed by atoms with E-state index in [4.69, 9.17) is 0 Å². The van der Waals surface area contributed by atoms with Gasteiger partial charge in [0.25, 0.3) is 5.91 Å². The van der Waals surface area contributed by atoms with Gasteiger partial charge in [0.1, 0.15) is 11.6 Å². The number of carbonyl (C=O) groups is 1. The van der Waals surface area contributed by atoms with Gasteiger partial charge in [0.05, 0.1) is 0 Å². The van der Waals surface area contributed by atoms with Gasteiger partial charge in [0.2, 0.25) is 5.95 Å². The van der Waals surface area contributed by atoms with E-state index in [0.717, 1.165) is 28.8 Å². The van der Waals surface area contributed by atoms with Crippen LogP contribution < -0.4 is 15.0 Å². The number of hydrogen-bond acceptors (Lipinski definition) is 6. The van der Waals surface area contributed by atoms with Gasteiger partial charge < -0.3 is 19.9 Å². The standard InChI is InChI=1S/C24H24F3N5O2/c1-16-6-8-19(9-7-16)29-23-28-17(2)14-21(30-23)31-10-12-32(13-11-31)22(33)18-4-3-5-20(15-18)34-24(25,26)27/h3-9,14-15H,10-13H2,1-2H3,(H,28,29,30). The molecule has 1 saturated heterocycles. The van der Waals surface area contributed by atoms with Crippen molar-refractivity contribution in [3.8, 4) is 5.75 Å². The number of alkyl halides is 3. The maximum atomic E-state index is 12.8. The Kier molecular flexibility index (Phi) is 6.58. The number of aryl methyl sites for hydroxylation is 2. The summed E-state index contributed by atoms with van der Waals surface area (Å²) in [6.45, 7) is 5.79. The van der Waals surface area contributed by atoms with E-state index in [9.17, 15) is 18.0 Å². The predicted octanol–water partition coefficient (Wildman–Crippen LogP) is 4.70. The van der Waals surface area contributed by atoms with Crippen LogP contribution >= 0.6 is 0 Å². The van der Waals surface area contributed by atoms with Crippen LogP contribution in [0.1, 0.15) is 21.6 Å². The highest BCUT2D eigenvalue weighted by atomic mass is 19.4. The molecule has 1 aliphatic rings. The van der Waals surface area contributed by atoms with Gasteiger partial charge in [-0.1, -0.05) is 23.8 Å². The van der Waals surface area contributed by atoms with Gasteiger partial charge in [-0.15, -0.1) is 13.2 Å². The molecule has 0 unspecified atom stereocenters. The molecule has 0 atom stereocenters. The normalized spacial score (nSPS) is 14.1. The zero-order valence-corrected chi connectivity index (χ0v) is 18.8. The van der Waals surface area contributed by atoms with Crippen LogP contribution in [-0.4, -0.2) is 53.3 Å². The fourth-order valence-electron chi connectivity index (χ4n) is 3.68. The van der Waals surface area contributed by atoms with Crippen LogP contribution in [0.25, 0.3) is 0 Å². The molecule has 1 fully saturated rings. The number of hydrogen-bond donors (Lipinski definition) is 1. The molecule has 1 aliphatic heterocycles. The van der Waals surface area contributed by atoms with Gasteiger partial charge in [-0.3, -0.25) is 4.79 Å². The van der Waals surface area contributed by atoms with Crippen molar-refractivity contribution in [2.45, 2.75) is 20.2 Å². The van der Waals surface area contributed by atoms with Crippen molar-refractivity contribution >= 4 is 23.4 Å². The Morgan fingerprint density at radius 2 is 1.68 bits per heavy atom. The van der Waals surface area contributed by atoms with Gasteiger partial charge in [0, 0.05) is 49.2 Å². The Morgan fingerprint density at radius 1 is 0.971 bits per heavy atom. The summed E-state index contributed by atoms with van der Waals surface area (Å²) in [4.78, 5) is 25.6. The topological polar surface area (TPSA) is 70.6 Å². The van der Waals surface area contributed by atoms with Crippen LogP contribution in [0, 0.1) is 13.8 Å². The van der Waals surface area contributed by atoms with E-state index >= 15 is 0 Å². The van der Waals surface area contributed by atoms with E-state index in [-0.39, 0.29) is 11.5 Å². The SMILES string of the molecule is Cc1ccc(Nc2nc(C)cc(N3CCN(C(=O)c4cccc(OC(F)(F)F)c4)CC3)n2)cc1. The quantitative estimate of drug-likeness (QED) is 0.582. The number of rotatable bonds is 5. The third-order valence-corrected chi connectivity index (χ3v) is 5.35. The lowest BCUT2D eigenvalue weighted by Crippen LogP contribution is -2.49. The number of amides is 1. The summed E-state index contributed by atoms with van der Waals surface area (Å²) in [6, 6.07) is 14.9. The second-order valence-electron chi connectivity index (χ2n) is 8.04. The molecule has 1 amide bonds. The summed E-state index contributed by atoms with van der Waals surface area (Å²) in [5, 5.41) is 3.22. The Labute approximate surface area is 195 Å². The number of carbonyl (C=O) groups excluding carboxylic acids is 1. The smallest absolute Gasteiger partial charge is 0.406 e. The van der Waals surface area contributed by atoms with Gasteiger partial charge in [-0.25, -0.2) is 4.98 Å². The summed E-state index contributed by atoms with van der Waals surface area (Å²) < 4.78 is 41.4. The molecule has 10 heteroatoms. The Morgan fingerprint density at radius 3 is 2.35 bits per heavy atom. The number of aromatic nitrogens is 2. The lowest BCUT2D eigenvalue weighted by molar-refractivity contribution is -0.274. The molecule has 0 spiro atoms. The number of piperazine rings is 1. The minimum atomic E-state index is -4.81. The van der Waals surface area contributed by atoms with Gasteiger partial charge in [0.15, 0.2) is 0 Å². The zero-order chi connectivity index (χ0) is 24.3. The number of ether oxygens (including phenoxy) is 1. The molecule has 7 nitrogen and oxygen atoms in total. The maximum Gasteiger partial charge on any atom is 0.573 e. The Bertz CT molecular complexity index is 1160. The summed E-state index contributed by atoms with van der Waals surface area (Å²) in [7, 11) is 0. The molecule has 0 radical (unpaired) electrons. The summed E-state index contributed by atoms with van der Waals surface area (Å²) >= 11 is 0. The second kappa shape index (κ2) is 9.58. The molecular weight excluding hydrogens is 447 g/mol. The molecule has 4 rings (SSSR count). The maximum absolute atomic E-state index is 12.8. The van der Waals surface area contributed by atoms with Crippen molar-refractivity contribution in [2.24, 2.45) is 0 Å². The Balaban J connectivity index is 1.41. The largest absolute Gasteiger partial charge is 0.573 e. The number of nitrogens with zero attached hydrogens (tertiary/aromatic N) is 4. The molecule has 0 saturated carbocycles. The van der Waals surface area contributed by atoms with Gasteiger partial charge >= 0.3 is 6.36 Å². The van der Waals surface area contributed by atoms with Crippen LogP contribution in [0.15, 0.2) is 54.6 Å². The fourth-order valence-corrected chi connectivity index (χ4v) is 3.68. The lowest BCUT2D eigenvalue weighted by Gasteiger charge is -2.35. The summed E-state index contributed by atoms with van der Waals surface area (Å²) in [5.41, 5.74) is 3.00. The first-order valence-electron chi connectivity index (χ1n) is 10.8. The van der Waals surface area contributed by atoms with Gasteiger partial charge in [-0.05, 0) is 44.2 Å². The number of halogens is 3. The second-order valence-corrected chi connectivity index (χ2v) is 8.04. The number of nitrogens with one attached hydrogen (secondary N) is 1. The van der Waals surface area contributed by atoms with Crippen molar-refractivity contribution in [1.82, 2.24) is 14.9 Å².